The molecule has 6 heteroatoms. The molecule has 2 aromatic heterocycles. The van der Waals surface area contributed by atoms with Gasteiger partial charge in [0.25, 0.3) is 0 Å². The molecule has 0 saturated carbocycles. The topological polar surface area (TPSA) is 41.4 Å². The number of aromatic nitrogens is 2. The third kappa shape index (κ3) is 3.56. The number of nitrogens with zero attached hydrogens (tertiary/aromatic N) is 4. The molecule has 1 saturated heterocycles. The van der Waals surface area contributed by atoms with Crippen LogP contribution in [-0.4, -0.2) is 53.5 Å². The highest BCUT2D eigenvalue weighted by Crippen LogP contribution is 2.44. The molecule has 0 N–H and O–H groups in total. The molecule has 0 radical (unpaired) electrons. The Labute approximate surface area is 170 Å². The average Bonchev–Trinajstić information content (AvgIpc) is 3.03. The molecule has 1 aromatic carbocycles. The smallest absolute Gasteiger partial charge is 0.176 e. The second-order valence-corrected chi connectivity index (χ2v) is 7.57. The molecule has 29 heavy (non-hydrogen) atoms. The van der Waals surface area contributed by atoms with Gasteiger partial charge in [0.2, 0.25) is 0 Å². The van der Waals surface area contributed by atoms with E-state index in [4.69, 9.17) is 0 Å². The van der Waals surface area contributed by atoms with Gasteiger partial charge in [0.15, 0.2) is 5.78 Å². The average molecular weight is 392 g/mol. The second kappa shape index (κ2) is 7.79. The van der Waals surface area contributed by atoms with E-state index in [1.165, 1.54) is 12.1 Å². The lowest BCUT2D eigenvalue weighted by Crippen LogP contribution is -2.45. The van der Waals surface area contributed by atoms with E-state index in [1.807, 2.05) is 23.7 Å². The molecule has 3 aromatic rings. The molecule has 1 fully saturated rings. The van der Waals surface area contributed by atoms with E-state index < -0.39 is 0 Å². The van der Waals surface area contributed by atoms with Crippen LogP contribution in [0.1, 0.15) is 17.4 Å². The molecule has 5 nitrogen and oxygen atoms in total. The largest absolute Gasteiger partial charge is 0.355 e. The third-order valence-corrected chi connectivity index (χ3v) is 5.60. The number of piperazine rings is 1. The van der Waals surface area contributed by atoms with Gasteiger partial charge >= 0.3 is 0 Å². The molecule has 3 heterocycles. The van der Waals surface area contributed by atoms with E-state index in [1.54, 1.807) is 31.5 Å². The molecule has 150 valence electrons. The summed E-state index contributed by atoms with van der Waals surface area (Å²) in [7, 11) is 4.07. The molecule has 0 bridgehead atoms. The monoisotopic (exact) mass is 392 g/mol. The number of pyridine rings is 1. The highest BCUT2D eigenvalue weighted by molar-refractivity contribution is 6.07. The van der Waals surface area contributed by atoms with Crippen LogP contribution in [0.4, 0.5) is 10.2 Å². The van der Waals surface area contributed by atoms with E-state index in [-0.39, 0.29) is 11.6 Å². The predicted molar refractivity (Wildman–Crippen MR) is 114 cm³/mol. The minimum Gasteiger partial charge on any atom is -0.355 e. The number of carbonyl (C=O) groups is 1. The quantitative estimate of drug-likeness (QED) is 0.633. The van der Waals surface area contributed by atoms with Crippen LogP contribution in [0.15, 0.2) is 48.8 Å². The standard InChI is InChI=1S/C23H25FN4O/c1-16(29)22-20(17-4-6-19(24)7-5-17)21(18-8-10-25-11-9-18)23(27(22)3)28-14-12-26(2)13-15-28/h4-11H,12-15H2,1-3H3. The summed E-state index contributed by atoms with van der Waals surface area (Å²) in [6.07, 6.45) is 3.52. The van der Waals surface area contributed by atoms with Crippen LogP contribution in [-0.2, 0) is 7.05 Å². The molecule has 0 aliphatic carbocycles. The van der Waals surface area contributed by atoms with Gasteiger partial charge in [-0.2, -0.15) is 0 Å². The van der Waals surface area contributed by atoms with E-state index in [0.29, 0.717) is 5.69 Å². The molecule has 1 aliphatic heterocycles. The fourth-order valence-corrected chi connectivity index (χ4v) is 4.16. The molecule has 4 rings (SSSR count). The normalized spacial score (nSPS) is 15.0. The van der Waals surface area contributed by atoms with Gasteiger partial charge in [0.1, 0.15) is 11.6 Å². The summed E-state index contributed by atoms with van der Waals surface area (Å²) in [5.74, 6) is 0.718. The molecule has 1 aliphatic rings. The van der Waals surface area contributed by atoms with Gasteiger partial charge in [-0.3, -0.25) is 9.78 Å². The van der Waals surface area contributed by atoms with Crippen molar-refractivity contribution in [2.24, 2.45) is 7.05 Å². The van der Waals surface area contributed by atoms with Crippen LogP contribution in [0.25, 0.3) is 22.3 Å². The van der Waals surface area contributed by atoms with Crippen LogP contribution >= 0.6 is 0 Å². The van der Waals surface area contributed by atoms with E-state index in [0.717, 1.165) is 54.3 Å². The number of hydrogen-bond acceptors (Lipinski definition) is 4. The number of benzene rings is 1. The first-order valence-corrected chi connectivity index (χ1v) is 9.81. The maximum Gasteiger partial charge on any atom is 0.176 e. The van der Waals surface area contributed by atoms with Gasteiger partial charge in [-0.15, -0.1) is 0 Å². The van der Waals surface area contributed by atoms with Gasteiger partial charge in [0.05, 0.1) is 5.69 Å². The van der Waals surface area contributed by atoms with Crippen molar-refractivity contribution in [3.63, 3.8) is 0 Å². The van der Waals surface area contributed by atoms with Gasteiger partial charge in [-0.05, 0) is 42.4 Å². The van der Waals surface area contributed by atoms with Gasteiger partial charge < -0.3 is 14.4 Å². The maximum absolute atomic E-state index is 13.6. The van der Waals surface area contributed by atoms with Crippen LogP contribution in [0.3, 0.4) is 0 Å². The summed E-state index contributed by atoms with van der Waals surface area (Å²) in [5.41, 5.74) is 4.31. The highest BCUT2D eigenvalue weighted by Gasteiger charge is 2.29. The van der Waals surface area contributed by atoms with Crippen molar-refractivity contribution in [2.45, 2.75) is 6.92 Å². The van der Waals surface area contributed by atoms with Crippen molar-refractivity contribution >= 4 is 11.6 Å². The molecule has 0 spiro atoms. The fourth-order valence-electron chi connectivity index (χ4n) is 4.16. The lowest BCUT2D eigenvalue weighted by molar-refractivity contribution is 0.101. The van der Waals surface area contributed by atoms with E-state index >= 15 is 0 Å². The Hall–Kier alpha value is -2.99. The fraction of sp³-hybridized carbons (Fsp3) is 0.304. The summed E-state index contributed by atoms with van der Waals surface area (Å²) in [4.78, 5) is 21.5. The molecule has 0 unspecified atom stereocenters. The number of anilines is 1. The van der Waals surface area contributed by atoms with Gasteiger partial charge in [0, 0.05) is 63.7 Å². The van der Waals surface area contributed by atoms with Crippen LogP contribution in [0, 0.1) is 5.82 Å². The molecule has 0 amide bonds. The zero-order valence-corrected chi connectivity index (χ0v) is 17.0. The lowest BCUT2D eigenvalue weighted by Gasteiger charge is -2.35. The number of ketones is 1. The van der Waals surface area contributed by atoms with Crippen LogP contribution < -0.4 is 4.90 Å². The number of hydrogen-bond donors (Lipinski definition) is 0. The number of carbonyl (C=O) groups excluding carboxylic acids is 1. The summed E-state index contributed by atoms with van der Waals surface area (Å²) in [6.45, 7) is 5.27. The number of rotatable bonds is 4. The Kier molecular flexibility index (Phi) is 5.20. The first-order valence-electron chi connectivity index (χ1n) is 9.81. The predicted octanol–water partition coefficient (Wildman–Crippen LogP) is 3.85. The van der Waals surface area contributed by atoms with Crippen molar-refractivity contribution in [3.05, 3.63) is 60.3 Å². The second-order valence-electron chi connectivity index (χ2n) is 7.57. The highest BCUT2D eigenvalue weighted by atomic mass is 19.1. The Balaban J connectivity index is 2.01. The van der Waals surface area contributed by atoms with E-state index in [9.17, 15) is 9.18 Å². The summed E-state index contributed by atoms with van der Waals surface area (Å²) < 4.78 is 15.6. The zero-order chi connectivity index (χ0) is 20.5. The third-order valence-electron chi connectivity index (χ3n) is 5.60. The SMILES string of the molecule is CC(=O)c1c(-c2ccc(F)cc2)c(-c2ccncc2)c(N2CCN(C)CC2)n1C. The summed E-state index contributed by atoms with van der Waals surface area (Å²) in [6, 6.07) is 10.3. The molecular weight excluding hydrogens is 367 g/mol. The van der Waals surface area contributed by atoms with E-state index in [2.05, 4.69) is 21.8 Å². The van der Waals surface area contributed by atoms with Crippen molar-refractivity contribution in [1.82, 2.24) is 14.5 Å². The minimum absolute atomic E-state index is 0.0116. The first-order chi connectivity index (χ1) is 14.0. The summed E-state index contributed by atoms with van der Waals surface area (Å²) in [5, 5.41) is 0. The maximum atomic E-state index is 13.6. The van der Waals surface area contributed by atoms with Crippen molar-refractivity contribution in [1.29, 1.82) is 0 Å². The zero-order valence-electron chi connectivity index (χ0n) is 17.0. The van der Waals surface area contributed by atoms with Crippen LogP contribution in [0.5, 0.6) is 0 Å². The van der Waals surface area contributed by atoms with Crippen molar-refractivity contribution < 1.29 is 9.18 Å². The first kappa shape index (κ1) is 19.3. The number of likely N-dealkylation sites (N-methyl/N-ethyl adjacent to an activating group) is 1. The Morgan fingerprint density at radius 3 is 2.07 bits per heavy atom. The molecular formula is C23H25FN4O. The van der Waals surface area contributed by atoms with Crippen molar-refractivity contribution in [3.8, 4) is 22.3 Å². The Bertz CT molecular complexity index is 1020. The van der Waals surface area contributed by atoms with Crippen LogP contribution in [0.2, 0.25) is 0 Å². The molecule has 0 atom stereocenters. The van der Waals surface area contributed by atoms with Gasteiger partial charge in [-0.25, -0.2) is 4.39 Å². The number of Topliss-reactive ketones (excluding diaryl/α,β-unsaturated/α-hetero) is 1. The lowest BCUT2D eigenvalue weighted by atomic mass is 9.95. The summed E-state index contributed by atoms with van der Waals surface area (Å²) >= 11 is 0. The minimum atomic E-state index is -0.293. The van der Waals surface area contributed by atoms with Crippen molar-refractivity contribution in [2.75, 3.05) is 38.1 Å². The Morgan fingerprint density at radius 1 is 0.897 bits per heavy atom. The Morgan fingerprint density at radius 2 is 1.48 bits per heavy atom. The number of halogens is 1. The van der Waals surface area contributed by atoms with Gasteiger partial charge in [-0.1, -0.05) is 12.1 Å².